The summed E-state index contributed by atoms with van der Waals surface area (Å²) < 4.78 is 0. The van der Waals surface area contributed by atoms with Gasteiger partial charge in [-0.05, 0) is 44.9 Å². The Bertz CT molecular complexity index is 700. The lowest BCUT2D eigenvalue weighted by molar-refractivity contribution is -0.142. The first kappa shape index (κ1) is 19.8. The molecule has 7 heteroatoms. The number of phenolic OH excluding ortho intramolecular Hbond substituents is 1. The van der Waals surface area contributed by atoms with Crippen LogP contribution in [0.25, 0.3) is 0 Å². The maximum Gasteiger partial charge on any atom is 0.255 e. The summed E-state index contributed by atoms with van der Waals surface area (Å²) >= 11 is 0. The number of phenols is 1. The second-order valence-electron chi connectivity index (χ2n) is 6.62. The predicted octanol–water partition coefficient (Wildman–Crippen LogP) is 1.29. The van der Waals surface area contributed by atoms with Gasteiger partial charge in [-0.15, -0.1) is 0 Å². The summed E-state index contributed by atoms with van der Waals surface area (Å²) in [5, 5.41) is 12.8. The van der Waals surface area contributed by atoms with Gasteiger partial charge in [0.1, 0.15) is 11.8 Å². The summed E-state index contributed by atoms with van der Waals surface area (Å²) in [6.45, 7) is 8.48. The topological polar surface area (TPSA) is 89.9 Å². The van der Waals surface area contributed by atoms with Gasteiger partial charge in [0.25, 0.3) is 5.91 Å². The molecule has 2 N–H and O–H groups in total. The van der Waals surface area contributed by atoms with Crippen molar-refractivity contribution in [2.24, 2.45) is 0 Å². The van der Waals surface area contributed by atoms with Crippen molar-refractivity contribution in [1.29, 1.82) is 0 Å². The van der Waals surface area contributed by atoms with Crippen LogP contribution in [0.15, 0.2) is 18.2 Å². The molecule has 0 saturated carbocycles. The van der Waals surface area contributed by atoms with E-state index in [4.69, 9.17) is 0 Å². The molecule has 0 spiro atoms. The molecule has 1 aliphatic rings. The van der Waals surface area contributed by atoms with Gasteiger partial charge in [-0.3, -0.25) is 14.4 Å². The van der Waals surface area contributed by atoms with Gasteiger partial charge in [-0.2, -0.15) is 0 Å². The van der Waals surface area contributed by atoms with Crippen molar-refractivity contribution in [3.8, 4) is 5.75 Å². The third-order valence-electron chi connectivity index (χ3n) is 4.80. The minimum Gasteiger partial charge on any atom is -0.507 e. The van der Waals surface area contributed by atoms with Crippen molar-refractivity contribution in [2.75, 3.05) is 19.6 Å². The van der Waals surface area contributed by atoms with E-state index in [2.05, 4.69) is 5.32 Å². The van der Waals surface area contributed by atoms with Gasteiger partial charge in [-0.1, -0.05) is 6.07 Å². The van der Waals surface area contributed by atoms with E-state index in [9.17, 15) is 19.5 Å². The van der Waals surface area contributed by atoms with E-state index in [1.807, 2.05) is 20.8 Å². The van der Waals surface area contributed by atoms with Crippen molar-refractivity contribution >= 4 is 17.7 Å². The first-order chi connectivity index (χ1) is 12.3. The van der Waals surface area contributed by atoms with Crippen LogP contribution in [0.4, 0.5) is 0 Å². The maximum absolute atomic E-state index is 12.7. The zero-order chi connectivity index (χ0) is 19.4. The van der Waals surface area contributed by atoms with E-state index in [1.54, 1.807) is 17.0 Å². The molecule has 0 aliphatic carbocycles. The van der Waals surface area contributed by atoms with Crippen LogP contribution in [0.5, 0.6) is 5.75 Å². The number of hydrogen-bond acceptors (Lipinski definition) is 4. The third-order valence-corrected chi connectivity index (χ3v) is 4.80. The van der Waals surface area contributed by atoms with Crippen molar-refractivity contribution in [1.82, 2.24) is 15.1 Å². The fourth-order valence-electron chi connectivity index (χ4n) is 3.37. The van der Waals surface area contributed by atoms with Crippen LogP contribution < -0.4 is 5.32 Å². The molecule has 3 amide bonds. The summed E-state index contributed by atoms with van der Waals surface area (Å²) in [4.78, 5) is 40.3. The summed E-state index contributed by atoms with van der Waals surface area (Å²) in [5.41, 5.74) is 1.04. The van der Waals surface area contributed by atoms with Crippen molar-refractivity contribution in [3.05, 3.63) is 29.3 Å². The molecular formula is C19H27N3O4. The monoisotopic (exact) mass is 361 g/mol. The molecular weight excluding hydrogens is 334 g/mol. The van der Waals surface area contributed by atoms with E-state index in [0.29, 0.717) is 19.5 Å². The number of nitrogens with one attached hydrogen (secondary N) is 1. The number of amides is 3. The molecule has 2 rings (SSSR count). The highest BCUT2D eigenvalue weighted by molar-refractivity contribution is 5.97. The lowest BCUT2D eigenvalue weighted by Crippen LogP contribution is -2.47. The van der Waals surface area contributed by atoms with Crippen molar-refractivity contribution < 1.29 is 19.5 Å². The molecule has 1 aliphatic heterocycles. The van der Waals surface area contributed by atoms with Crippen LogP contribution in [-0.4, -0.2) is 64.3 Å². The molecule has 2 atom stereocenters. The van der Waals surface area contributed by atoms with E-state index >= 15 is 0 Å². The Morgan fingerprint density at radius 1 is 1.27 bits per heavy atom. The highest BCUT2D eigenvalue weighted by Crippen LogP contribution is 2.23. The van der Waals surface area contributed by atoms with Crippen LogP contribution in [0.2, 0.25) is 0 Å². The molecule has 1 aromatic carbocycles. The fourth-order valence-corrected chi connectivity index (χ4v) is 3.37. The van der Waals surface area contributed by atoms with E-state index in [1.165, 1.54) is 17.9 Å². The van der Waals surface area contributed by atoms with Gasteiger partial charge in [0.15, 0.2) is 0 Å². The normalized spacial score (nSPS) is 19.3. The Labute approximate surface area is 154 Å². The van der Waals surface area contributed by atoms with Gasteiger partial charge < -0.3 is 20.2 Å². The number of likely N-dealkylation sites (tertiary alicyclic amines) is 1. The summed E-state index contributed by atoms with van der Waals surface area (Å²) in [5.74, 6) is -0.780. The van der Waals surface area contributed by atoms with Crippen LogP contribution in [0, 0.1) is 6.92 Å². The lowest BCUT2D eigenvalue weighted by Gasteiger charge is -2.28. The highest BCUT2D eigenvalue weighted by Gasteiger charge is 2.40. The van der Waals surface area contributed by atoms with Crippen LogP contribution in [0.1, 0.15) is 43.1 Å². The Kier molecular flexibility index (Phi) is 6.23. The van der Waals surface area contributed by atoms with Crippen molar-refractivity contribution in [2.45, 2.75) is 46.2 Å². The van der Waals surface area contributed by atoms with Gasteiger partial charge >= 0.3 is 0 Å². The Morgan fingerprint density at radius 2 is 1.92 bits per heavy atom. The van der Waals surface area contributed by atoms with Crippen molar-refractivity contribution in [3.63, 3.8) is 0 Å². The van der Waals surface area contributed by atoms with Crippen LogP contribution >= 0.6 is 0 Å². The summed E-state index contributed by atoms with van der Waals surface area (Å²) in [6.07, 6.45) is 0.368. The molecule has 1 saturated heterocycles. The summed E-state index contributed by atoms with van der Waals surface area (Å²) in [6, 6.07) is 3.94. The van der Waals surface area contributed by atoms with Crippen LogP contribution in [0.3, 0.4) is 0 Å². The number of benzene rings is 1. The van der Waals surface area contributed by atoms with Gasteiger partial charge in [-0.25, -0.2) is 0 Å². The third kappa shape index (κ3) is 4.15. The number of aromatic hydroxyl groups is 1. The zero-order valence-corrected chi connectivity index (χ0v) is 15.8. The largest absolute Gasteiger partial charge is 0.507 e. The molecule has 26 heavy (non-hydrogen) atoms. The molecule has 0 unspecified atom stereocenters. The quantitative estimate of drug-likeness (QED) is 0.827. The fraction of sp³-hybridized carbons (Fsp3) is 0.526. The molecule has 0 bridgehead atoms. The summed E-state index contributed by atoms with van der Waals surface area (Å²) in [7, 11) is 0. The molecule has 1 heterocycles. The number of nitrogens with zero attached hydrogens (tertiary/aromatic N) is 2. The molecule has 1 aromatic rings. The first-order valence-corrected chi connectivity index (χ1v) is 8.94. The minimum atomic E-state index is -0.565. The number of hydrogen-bond donors (Lipinski definition) is 2. The predicted molar refractivity (Wildman–Crippen MR) is 97.8 cm³/mol. The number of rotatable bonds is 5. The highest BCUT2D eigenvalue weighted by atomic mass is 16.3. The van der Waals surface area contributed by atoms with Gasteiger partial charge in [0.2, 0.25) is 11.8 Å². The van der Waals surface area contributed by atoms with Gasteiger partial charge in [0.05, 0.1) is 5.56 Å². The SMILES string of the molecule is CCN(CC)C(=O)[C@@H]1C[C@H](NC(=O)c2ccc(C)cc2O)CN1C(C)=O. The minimum absolute atomic E-state index is 0.0836. The molecule has 142 valence electrons. The Morgan fingerprint density at radius 3 is 2.46 bits per heavy atom. The molecule has 0 aromatic heterocycles. The van der Waals surface area contributed by atoms with E-state index in [0.717, 1.165) is 5.56 Å². The average Bonchev–Trinajstić information content (AvgIpc) is 2.99. The first-order valence-electron chi connectivity index (χ1n) is 8.94. The molecule has 1 fully saturated rings. The lowest BCUT2D eigenvalue weighted by atomic mass is 10.1. The molecule has 7 nitrogen and oxygen atoms in total. The maximum atomic E-state index is 12.7. The second kappa shape index (κ2) is 8.21. The number of likely N-dealkylation sites (N-methyl/N-ethyl adjacent to an activating group) is 1. The van der Waals surface area contributed by atoms with E-state index in [-0.39, 0.29) is 35.7 Å². The Hall–Kier alpha value is -2.57. The second-order valence-corrected chi connectivity index (χ2v) is 6.62. The zero-order valence-electron chi connectivity index (χ0n) is 15.8. The van der Waals surface area contributed by atoms with Crippen LogP contribution in [-0.2, 0) is 9.59 Å². The number of carbonyl (C=O) groups excluding carboxylic acids is 3. The Balaban J connectivity index is 2.12. The van der Waals surface area contributed by atoms with Gasteiger partial charge in [0, 0.05) is 32.6 Å². The molecule has 0 radical (unpaired) electrons. The smallest absolute Gasteiger partial charge is 0.255 e. The number of aryl methyl sites for hydroxylation is 1. The number of carbonyl (C=O) groups is 3. The average molecular weight is 361 g/mol. The van der Waals surface area contributed by atoms with E-state index < -0.39 is 11.9 Å². The standard InChI is InChI=1S/C19H27N3O4/c1-5-21(6-2)19(26)16-10-14(11-22(16)13(4)23)20-18(25)15-8-7-12(3)9-17(15)24/h7-9,14,16,24H,5-6,10-11H2,1-4H3,(H,20,25)/t14-,16-/m0/s1.